The molecule has 1 unspecified atom stereocenters. The minimum absolute atomic E-state index is 0.106. The van der Waals surface area contributed by atoms with Gasteiger partial charge in [0.25, 0.3) is 5.91 Å². The van der Waals surface area contributed by atoms with Gasteiger partial charge in [-0.1, -0.05) is 18.2 Å². The number of hydrogen-bond acceptors (Lipinski definition) is 5. The van der Waals surface area contributed by atoms with Crippen LogP contribution in [0.2, 0.25) is 0 Å². The van der Waals surface area contributed by atoms with Gasteiger partial charge in [0.15, 0.2) is 0 Å². The largest absolute Gasteiger partial charge is 0.475 e. The van der Waals surface area contributed by atoms with Crippen molar-refractivity contribution in [1.82, 2.24) is 20.1 Å². The molecule has 4 rings (SSSR count). The smallest absolute Gasteiger partial charge is 0.257 e. The molecule has 7 nitrogen and oxygen atoms in total. The third-order valence-corrected chi connectivity index (χ3v) is 5.49. The van der Waals surface area contributed by atoms with Crippen LogP contribution in [0.3, 0.4) is 0 Å². The maximum Gasteiger partial charge on any atom is 0.257 e. The number of amides is 2. The summed E-state index contributed by atoms with van der Waals surface area (Å²) in [6, 6.07) is 1.84. The Bertz CT molecular complexity index is 949. The number of carbonyl (C=O) groups excluding carboxylic acids is 2. The number of likely N-dealkylation sites (tertiary alicyclic amines) is 1. The molecule has 8 heteroatoms. The van der Waals surface area contributed by atoms with E-state index in [0.717, 1.165) is 14.6 Å². The number of H-pyrrole nitrogens is 1. The monoisotopic (exact) mass is 464 g/mol. The number of allylic oxidation sites excluding steroid dienone is 3. The fourth-order valence-electron chi connectivity index (χ4n) is 3.24. The van der Waals surface area contributed by atoms with E-state index >= 15 is 0 Å². The van der Waals surface area contributed by atoms with Gasteiger partial charge in [-0.2, -0.15) is 5.10 Å². The van der Waals surface area contributed by atoms with E-state index in [1.165, 1.54) is 4.90 Å². The van der Waals surface area contributed by atoms with Crippen LogP contribution in [0.4, 0.5) is 0 Å². The first-order valence-electron chi connectivity index (χ1n) is 8.43. The van der Waals surface area contributed by atoms with E-state index in [-0.39, 0.29) is 23.8 Å². The molecule has 0 saturated carbocycles. The zero-order valence-corrected chi connectivity index (χ0v) is 16.3. The van der Waals surface area contributed by atoms with Gasteiger partial charge < -0.3 is 4.74 Å². The summed E-state index contributed by atoms with van der Waals surface area (Å²) in [5, 5.41) is 7.99. The van der Waals surface area contributed by atoms with E-state index in [4.69, 9.17) is 4.74 Å². The summed E-state index contributed by atoms with van der Waals surface area (Å²) in [7, 11) is 0. The number of aromatic nitrogens is 3. The Kier molecular flexibility index (Phi) is 4.51. The van der Waals surface area contributed by atoms with E-state index in [2.05, 4.69) is 37.8 Å². The summed E-state index contributed by atoms with van der Waals surface area (Å²) in [5.74, 6) is -0.0886. The van der Waals surface area contributed by atoms with Crippen LogP contribution < -0.4 is 4.74 Å². The minimum Gasteiger partial charge on any atom is -0.475 e. The highest BCUT2D eigenvalue weighted by molar-refractivity contribution is 14.1. The van der Waals surface area contributed by atoms with E-state index in [1.807, 2.05) is 25.1 Å². The third kappa shape index (κ3) is 3.02. The molecule has 1 aliphatic carbocycles. The average molecular weight is 464 g/mol. The van der Waals surface area contributed by atoms with Crippen LogP contribution in [0.1, 0.15) is 19.8 Å². The number of pyridine rings is 1. The van der Waals surface area contributed by atoms with Gasteiger partial charge in [0.1, 0.15) is 9.22 Å². The number of ether oxygens (including phenoxy) is 1. The van der Waals surface area contributed by atoms with Crippen molar-refractivity contribution < 1.29 is 14.3 Å². The lowest BCUT2D eigenvalue weighted by Crippen LogP contribution is -2.33. The van der Waals surface area contributed by atoms with Crippen LogP contribution in [0, 0.1) is 9.62 Å². The number of rotatable bonds is 5. The average Bonchev–Trinajstić information content (AvgIpc) is 3.12. The second-order valence-corrected chi connectivity index (χ2v) is 7.51. The van der Waals surface area contributed by atoms with E-state index in [1.54, 1.807) is 12.3 Å². The Morgan fingerprint density at radius 1 is 1.46 bits per heavy atom. The first-order chi connectivity index (χ1) is 12.5. The highest BCUT2D eigenvalue weighted by atomic mass is 127. The first kappa shape index (κ1) is 17.2. The van der Waals surface area contributed by atoms with E-state index < -0.39 is 0 Å². The number of nitrogens with zero attached hydrogens (tertiary/aromatic N) is 3. The normalized spacial score (nSPS) is 20.5. The second kappa shape index (κ2) is 6.82. The zero-order valence-electron chi connectivity index (χ0n) is 14.1. The van der Waals surface area contributed by atoms with Crippen molar-refractivity contribution in [2.75, 3.05) is 6.54 Å². The molecular formula is C18H17IN4O3. The van der Waals surface area contributed by atoms with Gasteiger partial charge in [-0.3, -0.25) is 19.6 Å². The summed E-state index contributed by atoms with van der Waals surface area (Å²) < 4.78 is 6.79. The Labute approximate surface area is 163 Å². The third-order valence-electron chi connectivity index (χ3n) is 4.67. The second-order valence-electron chi connectivity index (χ2n) is 6.43. The van der Waals surface area contributed by atoms with Crippen LogP contribution in [-0.4, -0.2) is 44.5 Å². The topological polar surface area (TPSA) is 88.2 Å². The van der Waals surface area contributed by atoms with Gasteiger partial charge in [-0.05, 0) is 35.9 Å². The molecule has 1 N–H and O–H groups in total. The summed E-state index contributed by atoms with van der Waals surface area (Å²) in [6.45, 7) is 2.25. The predicted octanol–water partition coefficient (Wildman–Crippen LogP) is 2.59. The summed E-state index contributed by atoms with van der Waals surface area (Å²) in [6.07, 6.45) is 8.14. The number of hydrogen-bond donors (Lipinski definition) is 1. The number of aromatic amines is 1. The fraction of sp³-hybridized carbons (Fsp3) is 0.333. The van der Waals surface area contributed by atoms with E-state index in [9.17, 15) is 9.59 Å². The standard InChI is InChI=1S/C18H17IN4O3/c1-10(26-15-8-13-14(9-20-15)21-22-16(13)19)6-7-23-17(24)11-4-2-3-5-12(11)18(23)25/h2-4,8-10,12H,5-7H2,1H3,(H,21,22)/t10-,12?/m1/s1. The minimum atomic E-state index is -0.309. The van der Waals surface area contributed by atoms with Crippen LogP contribution in [0.25, 0.3) is 10.9 Å². The molecule has 1 fully saturated rings. The van der Waals surface area contributed by atoms with Crippen LogP contribution in [0.15, 0.2) is 36.1 Å². The van der Waals surface area contributed by atoms with Crippen molar-refractivity contribution in [1.29, 1.82) is 0 Å². The van der Waals surface area contributed by atoms with Gasteiger partial charge in [0.2, 0.25) is 11.8 Å². The van der Waals surface area contributed by atoms with Gasteiger partial charge in [-0.25, -0.2) is 4.98 Å². The predicted molar refractivity (Wildman–Crippen MR) is 103 cm³/mol. The quantitative estimate of drug-likeness (QED) is 0.543. The Balaban J connectivity index is 1.39. The summed E-state index contributed by atoms with van der Waals surface area (Å²) in [4.78, 5) is 30.5. The number of carbonyl (C=O) groups is 2. The van der Waals surface area contributed by atoms with Crippen molar-refractivity contribution in [3.8, 4) is 5.88 Å². The molecule has 0 aromatic carbocycles. The molecular weight excluding hydrogens is 447 g/mol. The molecule has 2 aromatic rings. The molecule has 0 spiro atoms. The molecule has 3 heterocycles. The van der Waals surface area contributed by atoms with Crippen molar-refractivity contribution in [3.05, 3.63) is 39.8 Å². The molecule has 2 aliphatic rings. The highest BCUT2D eigenvalue weighted by Crippen LogP contribution is 2.31. The number of imide groups is 1. The highest BCUT2D eigenvalue weighted by Gasteiger charge is 2.42. The summed E-state index contributed by atoms with van der Waals surface area (Å²) in [5.41, 5.74) is 1.39. The van der Waals surface area contributed by atoms with Crippen LogP contribution >= 0.6 is 22.6 Å². The maximum absolute atomic E-state index is 12.4. The zero-order chi connectivity index (χ0) is 18.3. The Morgan fingerprint density at radius 2 is 2.31 bits per heavy atom. The van der Waals surface area contributed by atoms with Gasteiger partial charge in [0.05, 0.1) is 18.2 Å². The number of nitrogens with one attached hydrogen (secondary N) is 1. The van der Waals surface area contributed by atoms with Gasteiger partial charge in [-0.15, -0.1) is 0 Å². The fourth-order valence-corrected chi connectivity index (χ4v) is 3.80. The molecule has 2 aromatic heterocycles. The maximum atomic E-state index is 12.4. The Morgan fingerprint density at radius 3 is 3.12 bits per heavy atom. The number of fused-ring (bicyclic) bond motifs is 2. The molecule has 134 valence electrons. The first-order valence-corrected chi connectivity index (χ1v) is 9.51. The lowest BCUT2D eigenvalue weighted by Gasteiger charge is -2.18. The van der Waals surface area contributed by atoms with Gasteiger partial charge in [0, 0.05) is 30.0 Å². The SMILES string of the molecule is C[C@H](CCN1C(=O)C2=CC=CCC2C1=O)Oc1cc2c(I)[nH]nc2cn1. The molecule has 26 heavy (non-hydrogen) atoms. The molecule has 0 bridgehead atoms. The molecule has 1 aliphatic heterocycles. The lowest BCUT2D eigenvalue weighted by atomic mass is 9.94. The van der Waals surface area contributed by atoms with Crippen LogP contribution in [0.5, 0.6) is 5.88 Å². The van der Waals surface area contributed by atoms with Crippen molar-refractivity contribution in [2.24, 2.45) is 5.92 Å². The molecule has 0 radical (unpaired) electrons. The van der Waals surface area contributed by atoms with Gasteiger partial charge >= 0.3 is 0 Å². The lowest BCUT2D eigenvalue weighted by molar-refractivity contribution is -0.139. The van der Waals surface area contributed by atoms with Crippen LogP contribution in [-0.2, 0) is 9.59 Å². The molecule has 2 atom stereocenters. The molecule has 1 saturated heterocycles. The number of halogens is 1. The van der Waals surface area contributed by atoms with E-state index in [0.29, 0.717) is 30.8 Å². The van der Waals surface area contributed by atoms with Crippen molar-refractivity contribution in [2.45, 2.75) is 25.9 Å². The molecule has 2 amide bonds. The summed E-state index contributed by atoms with van der Waals surface area (Å²) >= 11 is 2.17. The van der Waals surface area contributed by atoms with Crippen molar-refractivity contribution >= 4 is 45.3 Å². The van der Waals surface area contributed by atoms with Crippen molar-refractivity contribution in [3.63, 3.8) is 0 Å². The Hall–Kier alpha value is -2.23.